The summed E-state index contributed by atoms with van der Waals surface area (Å²) >= 11 is 0. The molecule has 22 heavy (non-hydrogen) atoms. The Bertz CT molecular complexity index is 844. The van der Waals surface area contributed by atoms with Crippen molar-refractivity contribution in [1.29, 1.82) is 0 Å². The van der Waals surface area contributed by atoms with E-state index in [4.69, 9.17) is 0 Å². The molecule has 8 heteroatoms. The van der Waals surface area contributed by atoms with E-state index in [2.05, 4.69) is 9.47 Å². The first-order valence-corrected chi connectivity index (χ1v) is 6.12. The zero-order valence-electron chi connectivity index (χ0n) is 11.1. The number of carbonyl (C=O) groups is 1. The van der Waals surface area contributed by atoms with Crippen LogP contribution in [-0.4, -0.2) is 17.0 Å². The zero-order valence-corrected chi connectivity index (χ0v) is 11.1. The van der Waals surface area contributed by atoms with Crippen molar-refractivity contribution in [3.8, 4) is 22.6 Å². The number of rotatable bonds is 1. The van der Waals surface area contributed by atoms with Crippen LogP contribution in [0.5, 0.6) is 11.5 Å². The maximum absolute atomic E-state index is 13.0. The van der Waals surface area contributed by atoms with Crippen LogP contribution in [0.25, 0.3) is 11.1 Å². The largest absolute Gasteiger partial charge is 0.586 e. The Hall–Kier alpha value is -2.90. The molecule has 0 aliphatic carbocycles. The molecule has 3 rings (SSSR count). The van der Waals surface area contributed by atoms with Crippen molar-refractivity contribution in [1.82, 2.24) is 4.57 Å². The molecule has 1 aliphatic heterocycles. The number of carboxylic acid groups (broad SMARTS) is 1. The Morgan fingerprint density at radius 3 is 2.59 bits per heavy atom. The fraction of sp³-hybridized carbons (Fsp3) is 0.143. The number of aromatic nitrogens is 1. The van der Waals surface area contributed by atoms with Gasteiger partial charge in [-0.05, 0) is 36.2 Å². The standard InChI is InChI=1S/C14H9F2NO5/c1-7-9(4-5-17(12(7)18)13(19)20)8-2-3-10-11(6-8)22-14(15,16)21-10/h2-6H,1H3,(H,19,20)/p-1. The van der Waals surface area contributed by atoms with E-state index in [9.17, 15) is 23.5 Å². The van der Waals surface area contributed by atoms with Gasteiger partial charge in [-0.15, -0.1) is 8.78 Å². The number of ether oxygens (including phenoxy) is 2. The summed E-state index contributed by atoms with van der Waals surface area (Å²) in [6.45, 7) is 1.43. The molecule has 0 saturated heterocycles. The van der Waals surface area contributed by atoms with E-state index < -0.39 is 17.9 Å². The number of carbonyl (C=O) groups excluding carboxylic acids is 1. The van der Waals surface area contributed by atoms with Gasteiger partial charge in [0.1, 0.15) is 6.09 Å². The lowest BCUT2D eigenvalue weighted by molar-refractivity contribution is -0.286. The third-order valence-electron chi connectivity index (χ3n) is 3.24. The highest BCUT2D eigenvalue weighted by Crippen LogP contribution is 2.43. The van der Waals surface area contributed by atoms with Crippen LogP contribution in [0, 0.1) is 6.92 Å². The molecule has 0 saturated carbocycles. The highest BCUT2D eigenvalue weighted by Gasteiger charge is 2.43. The lowest BCUT2D eigenvalue weighted by Gasteiger charge is -2.11. The van der Waals surface area contributed by atoms with Crippen LogP contribution in [0.4, 0.5) is 13.6 Å². The van der Waals surface area contributed by atoms with Gasteiger partial charge >= 0.3 is 6.29 Å². The predicted octanol–water partition coefficient (Wildman–Crippen LogP) is 1.34. The van der Waals surface area contributed by atoms with Crippen LogP contribution in [0.1, 0.15) is 5.56 Å². The van der Waals surface area contributed by atoms with Crippen molar-refractivity contribution in [3.63, 3.8) is 0 Å². The summed E-state index contributed by atoms with van der Waals surface area (Å²) in [5.74, 6) is -0.277. The second-order valence-corrected chi connectivity index (χ2v) is 4.62. The summed E-state index contributed by atoms with van der Waals surface area (Å²) < 4.78 is 35.0. The highest BCUT2D eigenvalue weighted by atomic mass is 19.3. The van der Waals surface area contributed by atoms with Gasteiger partial charge in [0.15, 0.2) is 11.5 Å². The number of pyridine rings is 1. The van der Waals surface area contributed by atoms with Gasteiger partial charge < -0.3 is 19.4 Å². The number of hydrogen-bond donors (Lipinski definition) is 0. The molecule has 0 amide bonds. The number of benzene rings is 1. The van der Waals surface area contributed by atoms with E-state index in [-0.39, 0.29) is 17.1 Å². The summed E-state index contributed by atoms with van der Waals surface area (Å²) in [7, 11) is 0. The van der Waals surface area contributed by atoms with Crippen molar-refractivity contribution in [2.24, 2.45) is 0 Å². The molecule has 0 unspecified atom stereocenters. The fourth-order valence-electron chi connectivity index (χ4n) is 2.21. The van der Waals surface area contributed by atoms with Crippen LogP contribution in [-0.2, 0) is 0 Å². The molecule has 6 nitrogen and oxygen atoms in total. The van der Waals surface area contributed by atoms with Gasteiger partial charge in [0.25, 0.3) is 5.56 Å². The Morgan fingerprint density at radius 1 is 1.23 bits per heavy atom. The van der Waals surface area contributed by atoms with Gasteiger partial charge in [0, 0.05) is 11.8 Å². The van der Waals surface area contributed by atoms with E-state index in [1.807, 2.05) is 0 Å². The molecule has 1 aliphatic rings. The van der Waals surface area contributed by atoms with Gasteiger partial charge in [-0.25, -0.2) is 0 Å². The summed E-state index contributed by atoms with van der Waals surface area (Å²) in [6.07, 6.45) is -4.34. The predicted molar refractivity (Wildman–Crippen MR) is 67.9 cm³/mol. The second-order valence-electron chi connectivity index (χ2n) is 4.62. The number of fused-ring (bicyclic) bond motifs is 1. The summed E-state index contributed by atoms with van der Waals surface area (Å²) in [4.78, 5) is 22.7. The molecule has 2 heterocycles. The van der Waals surface area contributed by atoms with E-state index in [0.717, 1.165) is 6.20 Å². The van der Waals surface area contributed by atoms with Crippen LogP contribution in [0.3, 0.4) is 0 Å². The van der Waals surface area contributed by atoms with Gasteiger partial charge in [-0.3, -0.25) is 9.36 Å². The SMILES string of the molecule is Cc1c(-c2ccc3c(c2)OC(F)(F)O3)ccn(C(=O)[O-])c1=O. The lowest BCUT2D eigenvalue weighted by Crippen LogP contribution is -2.37. The van der Waals surface area contributed by atoms with E-state index >= 15 is 0 Å². The minimum absolute atomic E-state index is 0.116. The molecule has 0 atom stereocenters. The van der Waals surface area contributed by atoms with Crippen LogP contribution in [0.15, 0.2) is 35.3 Å². The van der Waals surface area contributed by atoms with Crippen molar-refractivity contribution < 1.29 is 28.2 Å². The molecule has 114 valence electrons. The third-order valence-corrected chi connectivity index (χ3v) is 3.24. The fourth-order valence-corrected chi connectivity index (χ4v) is 2.21. The molecule has 0 spiro atoms. The number of halogens is 2. The molecule has 0 bridgehead atoms. The first kappa shape index (κ1) is 14.1. The van der Waals surface area contributed by atoms with Crippen molar-refractivity contribution in [3.05, 3.63) is 46.4 Å². The number of hydrogen-bond acceptors (Lipinski definition) is 5. The average molecular weight is 308 g/mol. The zero-order chi connectivity index (χ0) is 16.1. The van der Waals surface area contributed by atoms with Crippen LogP contribution >= 0.6 is 0 Å². The Balaban J connectivity index is 2.09. The van der Waals surface area contributed by atoms with Crippen LogP contribution in [0.2, 0.25) is 0 Å². The maximum Gasteiger partial charge on any atom is 0.586 e. The second kappa shape index (κ2) is 4.55. The van der Waals surface area contributed by atoms with Crippen molar-refractivity contribution in [2.75, 3.05) is 0 Å². The molecule has 0 fully saturated rings. The van der Waals surface area contributed by atoms with E-state index in [0.29, 0.717) is 15.7 Å². The molecule has 0 radical (unpaired) electrons. The maximum atomic E-state index is 13.0. The van der Waals surface area contributed by atoms with Gasteiger partial charge in [0.05, 0.1) is 0 Å². The first-order chi connectivity index (χ1) is 10.3. The van der Waals surface area contributed by atoms with Gasteiger partial charge in [-0.2, -0.15) is 0 Å². The quantitative estimate of drug-likeness (QED) is 0.794. The highest BCUT2D eigenvalue weighted by molar-refractivity contribution is 5.72. The smallest absolute Gasteiger partial charge is 0.529 e. The third kappa shape index (κ3) is 2.18. The molecule has 1 aromatic heterocycles. The minimum Gasteiger partial charge on any atom is -0.529 e. The molecular weight excluding hydrogens is 300 g/mol. The summed E-state index contributed by atoms with van der Waals surface area (Å²) in [5, 5.41) is 10.8. The Kier molecular flexibility index (Phi) is 2.91. The average Bonchev–Trinajstić information content (AvgIpc) is 2.74. The summed E-state index contributed by atoms with van der Waals surface area (Å²) in [6, 6.07) is 5.42. The molecular formula is C14H8F2NO5-. The Labute approximate surface area is 122 Å². The summed E-state index contributed by atoms with van der Waals surface area (Å²) in [5.41, 5.74) is 0.182. The first-order valence-electron chi connectivity index (χ1n) is 6.12. The van der Waals surface area contributed by atoms with Gasteiger partial charge in [0.2, 0.25) is 0 Å². The normalized spacial score (nSPS) is 14.9. The topological polar surface area (TPSA) is 80.6 Å². The molecule has 2 aromatic rings. The minimum atomic E-state index is -3.73. The molecule has 1 aromatic carbocycles. The van der Waals surface area contributed by atoms with Crippen molar-refractivity contribution >= 4 is 6.09 Å². The monoisotopic (exact) mass is 308 g/mol. The molecule has 0 N–H and O–H groups in total. The van der Waals surface area contributed by atoms with E-state index in [1.54, 1.807) is 0 Å². The number of nitrogens with zero attached hydrogens (tertiary/aromatic N) is 1. The van der Waals surface area contributed by atoms with E-state index in [1.165, 1.54) is 31.2 Å². The van der Waals surface area contributed by atoms with Gasteiger partial charge in [-0.1, -0.05) is 6.07 Å². The lowest BCUT2D eigenvalue weighted by atomic mass is 10.0. The Morgan fingerprint density at radius 2 is 1.91 bits per heavy atom. The van der Waals surface area contributed by atoms with Crippen LogP contribution < -0.4 is 20.1 Å². The number of alkyl halides is 2. The van der Waals surface area contributed by atoms with Crippen molar-refractivity contribution in [2.45, 2.75) is 13.2 Å².